The monoisotopic (exact) mass is 266 g/mol. The Morgan fingerprint density at radius 3 is 2.67 bits per heavy atom. The van der Waals surface area contributed by atoms with Crippen LogP contribution in [0.2, 0.25) is 0 Å². The van der Waals surface area contributed by atoms with Gasteiger partial charge in [-0.05, 0) is 17.9 Å². The summed E-state index contributed by atoms with van der Waals surface area (Å²) in [5, 5.41) is 2.12. The molecule has 4 heteroatoms. The van der Waals surface area contributed by atoms with Crippen LogP contribution in [0.15, 0.2) is 17.5 Å². The Kier molecular flexibility index (Phi) is 4.78. The van der Waals surface area contributed by atoms with E-state index in [9.17, 15) is 4.79 Å². The van der Waals surface area contributed by atoms with Gasteiger partial charge in [-0.15, -0.1) is 11.3 Å². The van der Waals surface area contributed by atoms with Gasteiger partial charge in [-0.25, -0.2) is 0 Å². The number of thiophene rings is 1. The van der Waals surface area contributed by atoms with Gasteiger partial charge in [0, 0.05) is 43.5 Å². The van der Waals surface area contributed by atoms with Crippen LogP contribution in [-0.2, 0) is 11.3 Å². The highest BCUT2D eigenvalue weighted by atomic mass is 32.1. The number of rotatable bonds is 4. The molecule has 1 unspecified atom stereocenters. The van der Waals surface area contributed by atoms with Crippen LogP contribution in [0.25, 0.3) is 0 Å². The fourth-order valence-corrected chi connectivity index (χ4v) is 2.98. The van der Waals surface area contributed by atoms with Crippen molar-refractivity contribution >= 4 is 17.2 Å². The Morgan fingerprint density at radius 2 is 2.11 bits per heavy atom. The van der Waals surface area contributed by atoms with Gasteiger partial charge in [0.1, 0.15) is 0 Å². The number of carbonyl (C=O) groups excluding carboxylic acids is 1. The van der Waals surface area contributed by atoms with Gasteiger partial charge in [0.25, 0.3) is 0 Å². The molecule has 1 amide bonds. The van der Waals surface area contributed by atoms with Crippen LogP contribution < -0.4 is 0 Å². The van der Waals surface area contributed by atoms with Crippen molar-refractivity contribution in [1.29, 1.82) is 0 Å². The van der Waals surface area contributed by atoms with E-state index in [-0.39, 0.29) is 5.92 Å². The molecule has 2 heterocycles. The third-order valence-electron chi connectivity index (χ3n) is 3.68. The molecule has 100 valence electrons. The first kappa shape index (κ1) is 13.6. The number of hydrogen-bond donors (Lipinski definition) is 0. The lowest BCUT2D eigenvalue weighted by atomic mass is 10.1. The van der Waals surface area contributed by atoms with Crippen molar-refractivity contribution in [1.82, 2.24) is 9.80 Å². The standard InChI is InChI=1S/C14H22N2OS/c1-3-12(2)14(17)16-8-6-15(7-9-16)11-13-5-4-10-18-13/h4-5,10,12H,3,6-9,11H2,1-2H3. The quantitative estimate of drug-likeness (QED) is 0.835. The summed E-state index contributed by atoms with van der Waals surface area (Å²) in [6, 6.07) is 4.28. The summed E-state index contributed by atoms with van der Waals surface area (Å²) < 4.78 is 0. The second-order valence-electron chi connectivity index (χ2n) is 4.99. The van der Waals surface area contributed by atoms with Crippen molar-refractivity contribution in [2.75, 3.05) is 26.2 Å². The number of piperazine rings is 1. The Morgan fingerprint density at radius 1 is 1.39 bits per heavy atom. The SMILES string of the molecule is CCC(C)C(=O)N1CCN(Cc2cccs2)CC1. The zero-order valence-corrected chi connectivity index (χ0v) is 12.1. The molecule has 1 fully saturated rings. The van der Waals surface area contributed by atoms with Gasteiger partial charge in [0.15, 0.2) is 0 Å². The predicted molar refractivity (Wildman–Crippen MR) is 75.6 cm³/mol. The lowest BCUT2D eigenvalue weighted by molar-refractivity contribution is -0.136. The van der Waals surface area contributed by atoms with E-state index in [0.29, 0.717) is 5.91 Å². The van der Waals surface area contributed by atoms with Gasteiger partial charge in [0.2, 0.25) is 5.91 Å². The Hall–Kier alpha value is -0.870. The van der Waals surface area contributed by atoms with Crippen LogP contribution in [0.4, 0.5) is 0 Å². The predicted octanol–water partition coefficient (Wildman–Crippen LogP) is 2.44. The van der Waals surface area contributed by atoms with E-state index in [2.05, 4.69) is 29.3 Å². The fraction of sp³-hybridized carbons (Fsp3) is 0.643. The molecule has 1 atom stereocenters. The highest BCUT2D eigenvalue weighted by molar-refractivity contribution is 7.09. The first-order chi connectivity index (χ1) is 8.70. The minimum Gasteiger partial charge on any atom is -0.340 e. The lowest BCUT2D eigenvalue weighted by Gasteiger charge is -2.35. The minimum absolute atomic E-state index is 0.175. The van der Waals surface area contributed by atoms with Gasteiger partial charge in [0.05, 0.1) is 0 Å². The third-order valence-corrected chi connectivity index (χ3v) is 4.54. The molecule has 1 saturated heterocycles. The highest BCUT2D eigenvalue weighted by Crippen LogP contribution is 2.15. The van der Waals surface area contributed by atoms with Crippen LogP contribution in [0.5, 0.6) is 0 Å². The van der Waals surface area contributed by atoms with Gasteiger partial charge in [-0.1, -0.05) is 19.9 Å². The Bertz CT molecular complexity index is 369. The second kappa shape index (κ2) is 6.34. The summed E-state index contributed by atoms with van der Waals surface area (Å²) in [4.78, 5) is 17.9. The molecular weight excluding hydrogens is 244 g/mol. The molecule has 0 spiro atoms. The molecule has 0 aromatic carbocycles. The van der Waals surface area contributed by atoms with Gasteiger partial charge < -0.3 is 4.90 Å². The molecule has 1 aromatic heterocycles. The second-order valence-corrected chi connectivity index (χ2v) is 6.02. The molecule has 0 bridgehead atoms. The Labute approximate surface area is 113 Å². The largest absolute Gasteiger partial charge is 0.340 e. The van der Waals surface area contributed by atoms with E-state index in [1.807, 2.05) is 23.2 Å². The zero-order chi connectivity index (χ0) is 13.0. The molecular formula is C14H22N2OS. The van der Waals surface area contributed by atoms with E-state index in [0.717, 1.165) is 39.1 Å². The first-order valence-corrected chi connectivity index (χ1v) is 7.62. The molecule has 1 aliphatic rings. The van der Waals surface area contributed by atoms with Crippen molar-refractivity contribution in [3.05, 3.63) is 22.4 Å². The van der Waals surface area contributed by atoms with Crippen LogP contribution in [0.3, 0.4) is 0 Å². The summed E-state index contributed by atoms with van der Waals surface area (Å²) in [5.41, 5.74) is 0. The topological polar surface area (TPSA) is 23.6 Å². The maximum absolute atomic E-state index is 12.1. The van der Waals surface area contributed by atoms with Crippen molar-refractivity contribution in [2.24, 2.45) is 5.92 Å². The number of hydrogen-bond acceptors (Lipinski definition) is 3. The molecule has 18 heavy (non-hydrogen) atoms. The van der Waals surface area contributed by atoms with Crippen LogP contribution in [0, 0.1) is 5.92 Å². The summed E-state index contributed by atoms with van der Waals surface area (Å²) in [6.07, 6.45) is 0.939. The highest BCUT2D eigenvalue weighted by Gasteiger charge is 2.23. The molecule has 1 aliphatic heterocycles. The van der Waals surface area contributed by atoms with Crippen LogP contribution in [0.1, 0.15) is 25.1 Å². The van der Waals surface area contributed by atoms with Crippen molar-refractivity contribution in [2.45, 2.75) is 26.8 Å². The Balaban J connectivity index is 1.79. The molecule has 0 radical (unpaired) electrons. The van der Waals surface area contributed by atoms with E-state index in [1.165, 1.54) is 4.88 Å². The number of amides is 1. The smallest absolute Gasteiger partial charge is 0.225 e. The van der Waals surface area contributed by atoms with Crippen LogP contribution in [-0.4, -0.2) is 41.9 Å². The van der Waals surface area contributed by atoms with Gasteiger partial charge >= 0.3 is 0 Å². The molecule has 1 aromatic rings. The van der Waals surface area contributed by atoms with Gasteiger partial charge in [-0.2, -0.15) is 0 Å². The van der Waals surface area contributed by atoms with Crippen LogP contribution >= 0.6 is 11.3 Å². The summed E-state index contributed by atoms with van der Waals surface area (Å²) in [5.74, 6) is 0.502. The molecule has 3 nitrogen and oxygen atoms in total. The van der Waals surface area contributed by atoms with Gasteiger partial charge in [-0.3, -0.25) is 9.69 Å². The average Bonchev–Trinajstić information content (AvgIpc) is 2.91. The number of nitrogens with zero attached hydrogens (tertiary/aromatic N) is 2. The minimum atomic E-state index is 0.175. The molecule has 2 rings (SSSR count). The lowest BCUT2D eigenvalue weighted by Crippen LogP contribution is -2.49. The van der Waals surface area contributed by atoms with Crippen molar-refractivity contribution < 1.29 is 4.79 Å². The van der Waals surface area contributed by atoms with E-state index in [1.54, 1.807) is 0 Å². The maximum atomic E-state index is 12.1. The maximum Gasteiger partial charge on any atom is 0.225 e. The first-order valence-electron chi connectivity index (χ1n) is 6.74. The van der Waals surface area contributed by atoms with E-state index >= 15 is 0 Å². The number of carbonyl (C=O) groups is 1. The van der Waals surface area contributed by atoms with Crippen molar-refractivity contribution in [3.8, 4) is 0 Å². The van der Waals surface area contributed by atoms with Crippen molar-refractivity contribution in [3.63, 3.8) is 0 Å². The normalized spacial score (nSPS) is 18.9. The van der Waals surface area contributed by atoms with E-state index in [4.69, 9.17) is 0 Å². The third kappa shape index (κ3) is 3.33. The average molecular weight is 266 g/mol. The molecule has 0 aliphatic carbocycles. The fourth-order valence-electron chi connectivity index (χ4n) is 2.24. The molecule has 0 N–H and O–H groups in total. The van der Waals surface area contributed by atoms with E-state index < -0.39 is 0 Å². The molecule has 0 saturated carbocycles. The zero-order valence-electron chi connectivity index (χ0n) is 11.3. The summed E-state index contributed by atoms with van der Waals surface area (Å²) in [7, 11) is 0. The summed E-state index contributed by atoms with van der Waals surface area (Å²) >= 11 is 1.81. The summed E-state index contributed by atoms with van der Waals surface area (Å²) in [6.45, 7) is 8.90.